The second kappa shape index (κ2) is 6.17. The molecule has 3 amide bonds. The second-order valence-electron chi connectivity index (χ2n) is 5.26. The van der Waals surface area contributed by atoms with Gasteiger partial charge in [-0.05, 0) is 25.0 Å². The average Bonchev–Trinajstić information content (AvgIpc) is 3.26. The Morgan fingerprint density at radius 1 is 1.30 bits per heavy atom. The van der Waals surface area contributed by atoms with Crippen LogP contribution in [0.25, 0.3) is 10.9 Å². The van der Waals surface area contributed by atoms with Crippen LogP contribution in [0.4, 0.5) is 4.79 Å². The molecular weight excluding hydrogens is 343 g/mol. The van der Waals surface area contributed by atoms with E-state index in [-0.39, 0.29) is 23.0 Å². The van der Waals surface area contributed by atoms with E-state index in [1.165, 1.54) is 18.5 Å². The number of nitrogens with one attached hydrogen (secondary N) is 2. The minimum atomic E-state index is -0.612. The molecule has 1 aromatic carbocycles. The fourth-order valence-corrected chi connectivity index (χ4v) is 2.62. The number of hydrogen-bond acceptors (Lipinski definition) is 4. The topological polar surface area (TPSA) is 93.1 Å². The first-order valence-corrected chi connectivity index (χ1v) is 7.64. The number of aromatic nitrogens is 2. The number of benzene rings is 1. The molecule has 9 heteroatoms. The molecule has 0 atom stereocenters. The number of nitrogens with zero attached hydrogens (tertiary/aromatic N) is 2. The van der Waals surface area contributed by atoms with Crippen molar-refractivity contribution >= 4 is 46.0 Å². The van der Waals surface area contributed by atoms with Gasteiger partial charge in [-0.15, -0.1) is 0 Å². The van der Waals surface area contributed by atoms with Crippen molar-refractivity contribution in [1.29, 1.82) is 0 Å². The average molecular weight is 355 g/mol. The number of carbonyl (C=O) groups excluding carboxylic acids is 2. The predicted octanol–water partition coefficient (Wildman–Crippen LogP) is 1.69. The molecule has 23 heavy (non-hydrogen) atoms. The molecule has 2 aromatic rings. The highest BCUT2D eigenvalue weighted by Gasteiger charge is 2.24. The molecule has 0 unspecified atom stereocenters. The zero-order chi connectivity index (χ0) is 16.6. The lowest BCUT2D eigenvalue weighted by Crippen LogP contribution is -2.42. The Bertz CT molecular complexity index is 861. The lowest BCUT2D eigenvalue weighted by atomic mass is 10.2. The zero-order valence-electron chi connectivity index (χ0n) is 11.8. The van der Waals surface area contributed by atoms with Crippen molar-refractivity contribution in [2.24, 2.45) is 0 Å². The second-order valence-corrected chi connectivity index (χ2v) is 6.10. The van der Waals surface area contributed by atoms with Crippen molar-refractivity contribution < 1.29 is 9.59 Å². The molecule has 1 fully saturated rings. The van der Waals surface area contributed by atoms with E-state index in [1.54, 1.807) is 0 Å². The highest BCUT2D eigenvalue weighted by molar-refractivity contribution is 6.38. The van der Waals surface area contributed by atoms with Crippen LogP contribution in [-0.2, 0) is 11.3 Å². The van der Waals surface area contributed by atoms with Gasteiger partial charge in [0.15, 0.2) is 0 Å². The maximum atomic E-state index is 12.4. The monoisotopic (exact) mass is 354 g/mol. The zero-order valence-corrected chi connectivity index (χ0v) is 13.3. The molecule has 1 saturated carbocycles. The number of fused-ring (bicyclic) bond motifs is 1. The van der Waals surface area contributed by atoms with Crippen molar-refractivity contribution in [3.8, 4) is 0 Å². The van der Waals surface area contributed by atoms with E-state index in [4.69, 9.17) is 23.2 Å². The van der Waals surface area contributed by atoms with Crippen LogP contribution in [0.2, 0.25) is 10.0 Å². The maximum absolute atomic E-state index is 12.4. The molecule has 0 radical (unpaired) electrons. The molecule has 0 spiro atoms. The number of carbonyl (C=O) groups is 2. The minimum Gasteiger partial charge on any atom is -0.335 e. The van der Waals surface area contributed by atoms with E-state index in [1.807, 2.05) is 0 Å². The van der Waals surface area contributed by atoms with Crippen molar-refractivity contribution in [3.63, 3.8) is 0 Å². The predicted molar refractivity (Wildman–Crippen MR) is 85.7 cm³/mol. The molecule has 0 saturated heterocycles. The Labute approximate surface area is 140 Å². The molecule has 0 bridgehead atoms. The molecule has 1 aromatic heterocycles. The normalized spacial score (nSPS) is 13.8. The summed E-state index contributed by atoms with van der Waals surface area (Å²) in [7, 11) is 0. The summed E-state index contributed by atoms with van der Waals surface area (Å²) in [5, 5.41) is 5.55. The van der Waals surface area contributed by atoms with Gasteiger partial charge in [0.25, 0.3) is 5.56 Å². The van der Waals surface area contributed by atoms with Crippen LogP contribution < -0.4 is 16.2 Å². The SMILES string of the molecule is O=C(Cn1cnc2c(Cl)cc(Cl)cc2c1=O)NC(=O)NC1CC1. The fraction of sp³-hybridized carbons (Fsp3) is 0.286. The Morgan fingerprint density at radius 2 is 2.04 bits per heavy atom. The van der Waals surface area contributed by atoms with Crippen molar-refractivity contribution in [2.45, 2.75) is 25.4 Å². The first-order valence-electron chi connectivity index (χ1n) is 6.88. The van der Waals surface area contributed by atoms with Gasteiger partial charge in [-0.3, -0.25) is 19.5 Å². The van der Waals surface area contributed by atoms with Gasteiger partial charge < -0.3 is 5.32 Å². The molecular formula is C14H12Cl2N4O3. The number of imide groups is 1. The van der Waals surface area contributed by atoms with E-state index in [0.29, 0.717) is 10.5 Å². The van der Waals surface area contributed by atoms with Crippen LogP contribution in [0.1, 0.15) is 12.8 Å². The summed E-state index contributed by atoms with van der Waals surface area (Å²) < 4.78 is 1.09. The largest absolute Gasteiger partial charge is 0.335 e. The van der Waals surface area contributed by atoms with Gasteiger partial charge in [0.05, 0.1) is 22.3 Å². The third-order valence-corrected chi connectivity index (χ3v) is 3.83. The first kappa shape index (κ1) is 15.8. The molecule has 120 valence electrons. The highest BCUT2D eigenvalue weighted by atomic mass is 35.5. The van der Waals surface area contributed by atoms with E-state index in [9.17, 15) is 14.4 Å². The lowest BCUT2D eigenvalue weighted by Gasteiger charge is -2.08. The summed E-state index contributed by atoms with van der Waals surface area (Å²) in [5.41, 5.74) is -0.152. The van der Waals surface area contributed by atoms with Crippen LogP contribution in [0.15, 0.2) is 23.3 Å². The number of urea groups is 1. The lowest BCUT2D eigenvalue weighted by molar-refractivity contribution is -0.120. The fourth-order valence-electron chi connectivity index (χ4n) is 2.08. The van der Waals surface area contributed by atoms with Crippen LogP contribution in [0.3, 0.4) is 0 Å². The van der Waals surface area contributed by atoms with Crippen LogP contribution in [-0.4, -0.2) is 27.5 Å². The number of halogens is 2. The van der Waals surface area contributed by atoms with E-state index < -0.39 is 17.5 Å². The van der Waals surface area contributed by atoms with Crippen LogP contribution in [0, 0.1) is 0 Å². The Hall–Kier alpha value is -2.12. The molecule has 1 aliphatic carbocycles. The number of rotatable bonds is 3. The number of hydrogen-bond donors (Lipinski definition) is 2. The van der Waals surface area contributed by atoms with Gasteiger partial charge in [-0.1, -0.05) is 23.2 Å². The summed E-state index contributed by atoms with van der Waals surface area (Å²) in [5.74, 6) is -0.612. The summed E-state index contributed by atoms with van der Waals surface area (Å²) >= 11 is 11.9. The standard InChI is InChI=1S/C14H12Cl2N4O3/c15-7-3-9-12(10(16)4-7)17-6-20(13(9)22)5-11(21)19-14(23)18-8-1-2-8/h3-4,6,8H,1-2,5H2,(H2,18,19,21,23). The van der Waals surface area contributed by atoms with E-state index >= 15 is 0 Å². The summed E-state index contributed by atoms with van der Waals surface area (Å²) in [6.45, 7) is -0.329. The molecule has 0 aliphatic heterocycles. The summed E-state index contributed by atoms with van der Waals surface area (Å²) in [4.78, 5) is 39.8. The van der Waals surface area contributed by atoms with E-state index in [2.05, 4.69) is 15.6 Å². The van der Waals surface area contributed by atoms with E-state index in [0.717, 1.165) is 17.4 Å². The third kappa shape index (κ3) is 3.62. The molecule has 3 rings (SSSR count). The highest BCUT2D eigenvalue weighted by Crippen LogP contribution is 2.23. The Morgan fingerprint density at radius 3 is 2.74 bits per heavy atom. The van der Waals surface area contributed by atoms with Gasteiger partial charge in [0, 0.05) is 11.1 Å². The molecule has 7 nitrogen and oxygen atoms in total. The molecule has 1 heterocycles. The number of amides is 3. The van der Waals surface area contributed by atoms with Crippen LogP contribution in [0.5, 0.6) is 0 Å². The van der Waals surface area contributed by atoms with Gasteiger partial charge in [-0.25, -0.2) is 9.78 Å². The summed E-state index contributed by atoms with van der Waals surface area (Å²) in [6, 6.07) is 2.49. The Kier molecular flexibility index (Phi) is 4.23. The maximum Gasteiger partial charge on any atom is 0.321 e. The van der Waals surface area contributed by atoms with Gasteiger partial charge in [0.2, 0.25) is 5.91 Å². The Balaban J connectivity index is 1.79. The summed E-state index contributed by atoms with van der Waals surface area (Å²) in [6.07, 6.45) is 3.04. The van der Waals surface area contributed by atoms with Crippen molar-refractivity contribution in [3.05, 3.63) is 38.9 Å². The first-order chi connectivity index (χ1) is 10.9. The van der Waals surface area contributed by atoms with Gasteiger partial charge >= 0.3 is 6.03 Å². The van der Waals surface area contributed by atoms with Gasteiger partial charge in [0.1, 0.15) is 6.54 Å². The van der Waals surface area contributed by atoms with Crippen molar-refractivity contribution in [2.75, 3.05) is 0 Å². The van der Waals surface area contributed by atoms with Gasteiger partial charge in [-0.2, -0.15) is 0 Å². The minimum absolute atomic E-state index is 0.136. The smallest absolute Gasteiger partial charge is 0.321 e. The quantitative estimate of drug-likeness (QED) is 0.876. The van der Waals surface area contributed by atoms with Crippen LogP contribution >= 0.6 is 23.2 Å². The third-order valence-electron chi connectivity index (χ3n) is 3.33. The molecule has 1 aliphatic rings. The van der Waals surface area contributed by atoms with Crippen molar-refractivity contribution in [1.82, 2.24) is 20.2 Å². The molecule has 2 N–H and O–H groups in total.